The average molecular weight is 404 g/mol. The Kier molecular flexibility index (Phi) is 6.23. The number of aliphatic hydroxyl groups excluding tert-OH is 1. The number of benzene rings is 1. The van der Waals surface area contributed by atoms with Crippen molar-refractivity contribution < 1.29 is 9.90 Å². The molecule has 27 heavy (non-hydrogen) atoms. The van der Waals surface area contributed by atoms with Gasteiger partial charge in [-0.1, -0.05) is 41.1 Å². The number of aromatic nitrogens is 2. The van der Waals surface area contributed by atoms with Gasteiger partial charge in [-0.3, -0.25) is 4.79 Å². The van der Waals surface area contributed by atoms with Gasteiger partial charge < -0.3 is 21.1 Å². The van der Waals surface area contributed by atoms with Crippen LogP contribution in [0.3, 0.4) is 0 Å². The molecule has 7 nitrogen and oxygen atoms in total. The number of halogens is 1. The fourth-order valence-corrected chi connectivity index (χ4v) is 3.29. The highest BCUT2D eigenvalue weighted by molar-refractivity contribution is 7.17. The number of thiazole rings is 1. The van der Waals surface area contributed by atoms with E-state index in [0.717, 1.165) is 5.56 Å². The number of amides is 1. The lowest BCUT2D eigenvalue weighted by Crippen LogP contribution is -2.11. The molecule has 3 aromatic rings. The van der Waals surface area contributed by atoms with Crippen LogP contribution >= 0.6 is 22.9 Å². The van der Waals surface area contributed by atoms with E-state index < -0.39 is 0 Å². The van der Waals surface area contributed by atoms with Crippen molar-refractivity contribution in [2.75, 3.05) is 29.1 Å². The number of hydrogen-bond donors (Lipinski definition) is 4. The Hall–Kier alpha value is -2.68. The summed E-state index contributed by atoms with van der Waals surface area (Å²) in [5.74, 6) is 0.946. The molecule has 1 amide bonds. The molecule has 3 rings (SSSR count). The van der Waals surface area contributed by atoms with Crippen molar-refractivity contribution >= 4 is 51.3 Å². The number of para-hydroxylation sites is 1. The van der Waals surface area contributed by atoms with Crippen molar-refractivity contribution in [3.05, 3.63) is 58.1 Å². The SMILES string of the molecule is Cc1cccc(Cl)c1NC(=O)c1cnc(Nc2cccc(NCCO)n2)s1. The van der Waals surface area contributed by atoms with Crippen LogP contribution in [0.15, 0.2) is 42.6 Å². The molecule has 0 saturated heterocycles. The minimum Gasteiger partial charge on any atom is -0.395 e. The Bertz CT molecular complexity index is 927. The van der Waals surface area contributed by atoms with Crippen LogP contribution < -0.4 is 16.0 Å². The van der Waals surface area contributed by atoms with Crippen molar-refractivity contribution in [3.63, 3.8) is 0 Å². The molecule has 0 fully saturated rings. The number of aliphatic hydroxyl groups is 1. The minimum atomic E-state index is -0.275. The summed E-state index contributed by atoms with van der Waals surface area (Å²) in [4.78, 5) is 21.5. The molecule has 2 aromatic heterocycles. The molecule has 0 bridgehead atoms. The number of aryl methyl sites for hydroxylation is 1. The summed E-state index contributed by atoms with van der Waals surface area (Å²) in [6.45, 7) is 2.32. The van der Waals surface area contributed by atoms with E-state index in [-0.39, 0.29) is 12.5 Å². The lowest BCUT2D eigenvalue weighted by atomic mass is 10.2. The Morgan fingerprint density at radius 3 is 2.78 bits per heavy atom. The second kappa shape index (κ2) is 8.81. The number of nitrogens with one attached hydrogen (secondary N) is 3. The number of rotatable bonds is 7. The third-order valence-electron chi connectivity index (χ3n) is 3.59. The fourth-order valence-electron chi connectivity index (χ4n) is 2.30. The van der Waals surface area contributed by atoms with Crippen molar-refractivity contribution in [2.45, 2.75) is 6.92 Å². The highest BCUT2D eigenvalue weighted by Gasteiger charge is 2.14. The van der Waals surface area contributed by atoms with Crippen LogP contribution in [-0.2, 0) is 0 Å². The minimum absolute atomic E-state index is 0.0230. The first-order valence-electron chi connectivity index (χ1n) is 8.18. The molecular formula is C18H18ClN5O2S. The molecule has 0 aliphatic heterocycles. The van der Waals surface area contributed by atoms with Crippen molar-refractivity contribution in [2.24, 2.45) is 0 Å². The van der Waals surface area contributed by atoms with Crippen LogP contribution in [0.1, 0.15) is 15.2 Å². The standard InChI is InChI=1S/C18H18ClN5O2S/c1-11-4-2-5-12(19)16(11)24-17(26)13-10-21-18(27-13)23-15-7-3-6-14(22-15)20-8-9-25/h2-7,10,25H,8-9H2,1H3,(H,24,26)(H2,20,21,22,23). The average Bonchev–Trinajstić information content (AvgIpc) is 3.12. The van der Waals surface area contributed by atoms with Crippen LogP contribution in [0, 0.1) is 6.92 Å². The molecule has 0 spiro atoms. The summed E-state index contributed by atoms with van der Waals surface area (Å²) < 4.78 is 0. The smallest absolute Gasteiger partial charge is 0.267 e. The van der Waals surface area contributed by atoms with Gasteiger partial charge in [-0.25, -0.2) is 9.97 Å². The molecule has 0 radical (unpaired) electrons. The molecule has 0 atom stereocenters. The highest BCUT2D eigenvalue weighted by atomic mass is 35.5. The van der Waals surface area contributed by atoms with E-state index in [1.54, 1.807) is 18.2 Å². The van der Waals surface area contributed by atoms with E-state index in [9.17, 15) is 4.79 Å². The maximum Gasteiger partial charge on any atom is 0.267 e. The predicted octanol–water partition coefficient (Wildman–Crippen LogP) is 3.90. The van der Waals surface area contributed by atoms with Crippen molar-refractivity contribution in [3.8, 4) is 0 Å². The van der Waals surface area contributed by atoms with Crippen LogP contribution in [0.4, 0.5) is 22.5 Å². The summed E-state index contributed by atoms with van der Waals surface area (Å²) in [6.07, 6.45) is 1.50. The molecule has 0 aliphatic rings. The van der Waals surface area contributed by atoms with Crippen molar-refractivity contribution in [1.82, 2.24) is 9.97 Å². The lowest BCUT2D eigenvalue weighted by Gasteiger charge is -2.08. The zero-order valence-electron chi connectivity index (χ0n) is 14.5. The number of hydrogen-bond acceptors (Lipinski definition) is 7. The molecular weight excluding hydrogens is 386 g/mol. The summed E-state index contributed by atoms with van der Waals surface area (Å²) in [6, 6.07) is 10.9. The summed E-state index contributed by atoms with van der Waals surface area (Å²) in [7, 11) is 0. The van der Waals surface area contributed by atoms with Gasteiger partial charge in [0.05, 0.1) is 23.5 Å². The molecule has 1 aromatic carbocycles. The fraction of sp³-hybridized carbons (Fsp3) is 0.167. The first kappa shape index (κ1) is 19.1. The van der Waals surface area contributed by atoms with Crippen LogP contribution in [0.2, 0.25) is 5.02 Å². The highest BCUT2D eigenvalue weighted by Crippen LogP contribution is 2.28. The summed E-state index contributed by atoms with van der Waals surface area (Å²) >= 11 is 7.37. The van der Waals surface area contributed by atoms with Gasteiger partial charge in [0.2, 0.25) is 0 Å². The Morgan fingerprint density at radius 2 is 2.00 bits per heavy atom. The third kappa shape index (κ3) is 4.94. The van der Waals surface area contributed by atoms with Crippen LogP contribution in [0.5, 0.6) is 0 Å². The normalized spacial score (nSPS) is 10.5. The zero-order chi connectivity index (χ0) is 19.2. The second-order valence-corrected chi connectivity index (χ2v) is 7.04. The topological polar surface area (TPSA) is 99.2 Å². The third-order valence-corrected chi connectivity index (χ3v) is 4.82. The molecule has 0 saturated carbocycles. The van der Waals surface area contributed by atoms with Gasteiger partial charge in [0, 0.05) is 6.54 Å². The molecule has 0 aliphatic carbocycles. The van der Waals surface area contributed by atoms with E-state index in [0.29, 0.717) is 38.9 Å². The van der Waals surface area contributed by atoms with Gasteiger partial charge in [0.1, 0.15) is 16.5 Å². The number of carbonyl (C=O) groups excluding carboxylic acids is 1. The number of nitrogens with zero attached hydrogens (tertiary/aromatic N) is 2. The number of pyridine rings is 1. The first-order chi connectivity index (χ1) is 13.1. The van der Waals surface area contributed by atoms with E-state index in [4.69, 9.17) is 16.7 Å². The van der Waals surface area contributed by atoms with Gasteiger partial charge in [-0.2, -0.15) is 0 Å². The van der Waals surface area contributed by atoms with Crippen LogP contribution in [0.25, 0.3) is 0 Å². The van der Waals surface area contributed by atoms with Gasteiger partial charge in [-0.15, -0.1) is 0 Å². The number of anilines is 4. The Labute approximate surface area is 165 Å². The van der Waals surface area contributed by atoms with Gasteiger partial charge >= 0.3 is 0 Å². The quantitative estimate of drug-likeness (QED) is 0.477. The largest absolute Gasteiger partial charge is 0.395 e. The van der Waals surface area contributed by atoms with Crippen molar-refractivity contribution in [1.29, 1.82) is 0 Å². The Balaban J connectivity index is 1.69. The van der Waals surface area contributed by atoms with E-state index >= 15 is 0 Å². The predicted molar refractivity (Wildman–Crippen MR) is 109 cm³/mol. The molecule has 140 valence electrons. The van der Waals surface area contributed by atoms with Gasteiger partial charge in [0.25, 0.3) is 5.91 Å². The van der Waals surface area contributed by atoms with E-state index in [2.05, 4.69) is 25.9 Å². The lowest BCUT2D eigenvalue weighted by molar-refractivity contribution is 0.103. The summed E-state index contributed by atoms with van der Waals surface area (Å²) in [5, 5.41) is 18.8. The number of carbonyl (C=O) groups is 1. The molecule has 4 N–H and O–H groups in total. The monoisotopic (exact) mass is 403 g/mol. The Morgan fingerprint density at radius 1 is 1.22 bits per heavy atom. The molecule has 9 heteroatoms. The first-order valence-corrected chi connectivity index (χ1v) is 9.37. The maximum absolute atomic E-state index is 12.5. The van der Waals surface area contributed by atoms with E-state index in [1.165, 1.54) is 17.5 Å². The molecule has 2 heterocycles. The van der Waals surface area contributed by atoms with Gasteiger partial charge in [-0.05, 0) is 30.7 Å². The maximum atomic E-state index is 12.5. The second-order valence-electron chi connectivity index (χ2n) is 5.60. The summed E-state index contributed by atoms with van der Waals surface area (Å²) in [5.41, 5.74) is 1.48. The van der Waals surface area contributed by atoms with Gasteiger partial charge in [0.15, 0.2) is 5.13 Å². The zero-order valence-corrected chi connectivity index (χ0v) is 16.1. The van der Waals surface area contributed by atoms with E-state index in [1.807, 2.05) is 25.1 Å². The molecule has 0 unspecified atom stereocenters. The van der Waals surface area contributed by atoms with Crippen LogP contribution in [-0.4, -0.2) is 34.1 Å².